The third-order valence-electron chi connectivity index (χ3n) is 2.21. The first kappa shape index (κ1) is 11.4. The van der Waals surface area contributed by atoms with Gasteiger partial charge in [0, 0.05) is 10.6 Å². The molecule has 2 unspecified atom stereocenters. The summed E-state index contributed by atoms with van der Waals surface area (Å²) in [6, 6.07) is 4.32. The Bertz CT molecular complexity index is 299. The molecule has 0 heterocycles. The highest BCUT2D eigenvalue weighted by Gasteiger charge is 2.21. The van der Waals surface area contributed by atoms with Crippen molar-refractivity contribution in [3.63, 3.8) is 0 Å². The fourth-order valence-corrected chi connectivity index (χ4v) is 1.48. The van der Waals surface area contributed by atoms with Gasteiger partial charge in [-0.25, -0.2) is 4.39 Å². The van der Waals surface area contributed by atoms with E-state index in [1.165, 1.54) is 12.1 Å². The van der Waals surface area contributed by atoms with Gasteiger partial charge >= 0.3 is 0 Å². The zero-order chi connectivity index (χ0) is 10.7. The van der Waals surface area contributed by atoms with E-state index in [9.17, 15) is 9.50 Å². The molecule has 1 aromatic rings. The van der Waals surface area contributed by atoms with Crippen LogP contribution in [0.15, 0.2) is 18.2 Å². The number of hydrogen-bond acceptors (Lipinski definition) is 2. The summed E-state index contributed by atoms with van der Waals surface area (Å²) in [5.41, 5.74) is 5.52. The quantitative estimate of drug-likeness (QED) is 0.815. The maximum atomic E-state index is 13.3. The topological polar surface area (TPSA) is 46.2 Å². The zero-order valence-electron chi connectivity index (χ0n) is 7.87. The van der Waals surface area contributed by atoms with E-state index in [1.807, 2.05) is 0 Å². The number of aliphatic hydroxyl groups is 1. The van der Waals surface area contributed by atoms with Crippen LogP contribution in [0.1, 0.15) is 18.6 Å². The van der Waals surface area contributed by atoms with Gasteiger partial charge in [-0.05, 0) is 24.6 Å². The molecule has 0 saturated heterocycles. The Morgan fingerprint density at radius 3 is 2.71 bits per heavy atom. The van der Waals surface area contributed by atoms with Crippen LogP contribution in [0, 0.1) is 11.7 Å². The average Bonchev–Trinajstić information content (AvgIpc) is 2.16. The molecule has 0 aromatic heterocycles. The minimum atomic E-state index is -0.950. The van der Waals surface area contributed by atoms with Gasteiger partial charge in [-0.15, -0.1) is 0 Å². The lowest BCUT2D eigenvalue weighted by molar-refractivity contribution is 0.118. The van der Waals surface area contributed by atoms with Crippen molar-refractivity contribution in [2.75, 3.05) is 6.54 Å². The summed E-state index contributed by atoms with van der Waals surface area (Å²) in [5, 5.41) is 9.98. The van der Waals surface area contributed by atoms with Crippen molar-refractivity contribution in [1.29, 1.82) is 0 Å². The summed E-state index contributed by atoms with van der Waals surface area (Å²) >= 11 is 5.78. The predicted octanol–water partition coefficient (Wildman–Crippen LogP) is 2.11. The highest BCUT2D eigenvalue weighted by molar-refractivity contribution is 6.31. The van der Waals surface area contributed by atoms with Crippen molar-refractivity contribution in [3.05, 3.63) is 34.6 Å². The number of halogens is 2. The Morgan fingerprint density at radius 1 is 1.57 bits per heavy atom. The Kier molecular flexibility index (Phi) is 3.86. The molecule has 0 aliphatic heterocycles. The summed E-state index contributed by atoms with van der Waals surface area (Å²) in [7, 11) is 0. The molecule has 14 heavy (non-hydrogen) atoms. The first-order valence-corrected chi connectivity index (χ1v) is 4.77. The third kappa shape index (κ3) is 2.23. The average molecular weight is 218 g/mol. The molecule has 0 saturated carbocycles. The molecule has 4 heteroatoms. The van der Waals surface area contributed by atoms with Gasteiger partial charge in [0.1, 0.15) is 5.82 Å². The number of rotatable bonds is 3. The van der Waals surface area contributed by atoms with Crippen LogP contribution in [0.2, 0.25) is 5.02 Å². The molecule has 1 aromatic carbocycles. The van der Waals surface area contributed by atoms with Gasteiger partial charge in [0.05, 0.1) is 6.10 Å². The van der Waals surface area contributed by atoms with Crippen molar-refractivity contribution in [3.8, 4) is 0 Å². The van der Waals surface area contributed by atoms with Crippen molar-refractivity contribution >= 4 is 11.6 Å². The van der Waals surface area contributed by atoms with E-state index in [0.29, 0.717) is 0 Å². The predicted molar refractivity (Wildman–Crippen MR) is 54.6 cm³/mol. The summed E-state index contributed by atoms with van der Waals surface area (Å²) in [6.45, 7) is 2.03. The fourth-order valence-electron chi connectivity index (χ4n) is 1.21. The summed E-state index contributed by atoms with van der Waals surface area (Å²) < 4.78 is 13.3. The van der Waals surface area contributed by atoms with Crippen LogP contribution in [0.3, 0.4) is 0 Å². The second kappa shape index (κ2) is 4.73. The standard InChI is InChI=1S/C10H13ClFNO/c1-6(5-13)10(14)9-7(11)3-2-4-8(9)12/h2-4,6,10,14H,5,13H2,1H3. The summed E-state index contributed by atoms with van der Waals surface area (Å²) in [5.74, 6) is -0.713. The van der Waals surface area contributed by atoms with Crippen LogP contribution in [0.5, 0.6) is 0 Å². The minimum absolute atomic E-state index is 0.132. The maximum Gasteiger partial charge on any atom is 0.130 e. The largest absolute Gasteiger partial charge is 0.388 e. The second-order valence-electron chi connectivity index (χ2n) is 3.29. The van der Waals surface area contributed by atoms with E-state index < -0.39 is 11.9 Å². The Labute approximate surface area is 87.5 Å². The monoisotopic (exact) mass is 217 g/mol. The van der Waals surface area contributed by atoms with Gasteiger partial charge < -0.3 is 10.8 Å². The van der Waals surface area contributed by atoms with Gasteiger partial charge in [0.2, 0.25) is 0 Å². The van der Waals surface area contributed by atoms with E-state index in [0.717, 1.165) is 0 Å². The lowest BCUT2D eigenvalue weighted by atomic mass is 9.97. The van der Waals surface area contributed by atoms with Gasteiger partial charge in [0.25, 0.3) is 0 Å². The molecule has 0 amide bonds. The van der Waals surface area contributed by atoms with Crippen molar-refractivity contribution in [2.45, 2.75) is 13.0 Å². The van der Waals surface area contributed by atoms with Crippen LogP contribution in [0.25, 0.3) is 0 Å². The number of hydrogen-bond donors (Lipinski definition) is 2. The first-order chi connectivity index (χ1) is 6.57. The van der Waals surface area contributed by atoms with Gasteiger partial charge in [-0.1, -0.05) is 24.6 Å². The maximum absolute atomic E-state index is 13.3. The molecule has 78 valence electrons. The number of benzene rings is 1. The second-order valence-corrected chi connectivity index (χ2v) is 3.70. The molecule has 0 fully saturated rings. The van der Waals surface area contributed by atoms with E-state index in [1.54, 1.807) is 13.0 Å². The van der Waals surface area contributed by atoms with Crippen molar-refractivity contribution < 1.29 is 9.50 Å². The molecule has 2 nitrogen and oxygen atoms in total. The summed E-state index contributed by atoms with van der Waals surface area (Å²) in [6.07, 6.45) is -0.950. The van der Waals surface area contributed by atoms with Crippen LogP contribution >= 0.6 is 11.6 Å². The Morgan fingerprint density at radius 2 is 2.21 bits per heavy atom. The Balaban J connectivity index is 3.05. The fraction of sp³-hybridized carbons (Fsp3) is 0.400. The van der Waals surface area contributed by atoms with Crippen molar-refractivity contribution in [1.82, 2.24) is 0 Å². The Hall–Kier alpha value is -0.640. The lowest BCUT2D eigenvalue weighted by Crippen LogP contribution is -2.20. The van der Waals surface area contributed by atoms with E-state index in [4.69, 9.17) is 17.3 Å². The highest BCUT2D eigenvalue weighted by Crippen LogP contribution is 2.29. The lowest BCUT2D eigenvalue weighted by Gasteiger charge is -2.18. The third-order valence-corrected chi connectivity index (χ3v) is 2.54. The number of aliphatic hydroxyl groups excluding tert-OH is 1. The molecule has 3 N–H and O–H groups in total. The van der Waals surface area contributed by atoms with Crippen LogP contribution < -0.4 is 5.73 Å². The molecule has 0 radical (unpaired) electrons. The molecular formula is C10H13ClFNO. The first-order valence-electron chi connectivity index (χ1n) is 4.40. The molecule has 0 spiro atoms. The van der Waals surface area contributed by atoms with E-state index in [-0.39, 0.29) is 23.0 Å². The van der Waals surface area contributed by atoms with Crippen LogP contribution in [0.4, 0.5) is 4.39 Å². The van der Waals surface area contributed by atoms with E-state index >= 15 is 0 Å². The zero-order valence-corrected chi connectivity index (χ0v) is 8.63. The smallest absolute Gasteiger partial charge is 0.130 e. The molecule has 2 atom stereocenters. The van der Waals surface area contributed by atoms with Gasteiger partial charge in [-0.2, -0.15) is 0 Å². The van der Waals surface area contributed by atoms with Gasteiger partial charge in [0.15, 0.2) is 0 Å². The molecule has 0 aliphatic carbocycles. The molecule has 0 aliphatic rings. The summed E-state index contributed by atoms with van der Waals surface area (Å²) in [4.78, 5) is 0. The van der Waals surface area contributed by atoms with Crippen LogP contribution in [-0.2, 0) is 0 Å². The molecular weight excluding hydrogens is 205 g/mol. The SMILES string of the molecule is CC(CN)C(O)c1c(F)cccc1Cl. The van der Waals surface area contributed by atoms with Crippen LogP contribution in [-0.4, -0.2) is 11.7 Å². The highest BCUT2D eigenvalue weighted by atomic mass is 35.5. The minimum Gasteiger partial charge on any atom is -0.388 e. The van der Waals surface area contributed by atoms with Gasteiger partial charge in [-0.3, -0.25) is 0 Å². The molecule has 1 rings (SSSR count). The van der Waals surface area contributed by atoms with E-state index in [2.05, 4.69) is 0 Å². The normalized spacial score (nSPS) is 15.2. The molecule has 0 bridgehead atoms. The van der Waals surface area contributed by atoms with Crippen molar-refractivity contribution in [2.24, 2.45) is 11.7 Å². The number of nitrogens with two attached hydrogens (primary N) is 1.